The average molecular weight is 303 g/mol. The van der Waals surface area contributed by atoms with E-state index in [1.54, 1.807) is 0 Å². The van der Waals surface area contributed by atoms with Crippen LogP contribution in [0.15, 0.2) is 11.1 Å². The summed E-state index contributed by atoms with van der Waals surface area (Å²) >= 11 is 0. The van der Waals surface area contributed by atoms with Crippen LogP contribution < -0.4 is 0 Å². The van der Waals surface area contributed by atoms with Crippen molar-refractivity contribution in [2.24, 2.45) is 23.7 Å². The summed E-state index contributed by atoms with van der Waals surface area (Å²) in [7, 11) is 0. The van der Waals surface area contributed by atoms with Gasteiger partial charge in [-0.3, -0.25) is 0 Å². The normalized spacial score (nSPS) is 37.4. The van der Waals surface area contributed by atoms with Gasteiger partial charge in [-0.25, -0.2) is 0 Å². The molecule has 22 heavy (non-hydrogen) atoms. The number of hydrogen-bond acceptors (Lipinski definition) is 0. The van der Waals surface area contributed by atoms with E-state index >= 15 is 0 Å². The number of rotatable bonds is 3. The minimum atomic E-state index is 1.01. The zero-order valence-electron chi connectivity index (χ0n) is 15.2. The van der Waals surface area contributed by atoms with Crippen molar-refractivity contribution in [2.45, 2.75) is 104 Å². The summed E-state index contributed by atoms with van der Waals surface area (Å²) in [5.74, 6) is 4.22. The first-order valence-corrected chi connectivity index (χ1v) is 10.5. The van der Waals surface area contributed by atoms with E-state index in [0.717, 1.165) is 23.7 Å². The number of hydrogen-bond donors (Lipinski definition) is 0. The van der Waals surface area contributed by atoms with Gasteiger partial charge in [0.15, 0.2) is 0 Å². The van der Waals surface area contributed by atoms with Crippen molar-refractivity contribution in [3.05, 3.63) is 11.1 Å². The Kier molecular flexibility index (Phi) is 6.05. The molecular weight excluding hydrogens is 264 g/mol. The van der Waals surface area contributed by atoms with Gasteiger partial charge in [-0.05, 0) is 87.9 Å². The summed E-state index contributed by atoms with van der Waals surface area (Å²) in [5.41, 5.74) is 3.82. The van der Waals surface area contributed by atoms with E-state index in [2.05, 4.69) is 13.8 Å². The van der Waals surface area contributed by atoms with Crippen molar-refractivity contribution in [1.82, 2.24) is 0 Å². The molecule has 0 aromatic carbocycles. The lowest BCUT2D eigenvalue weighted by Crippen LogP contribution is -2.23. The second-order valence-corrected chi connectivity index (χ2v) is 8.80. The molecule has 3 saturated carbocycles. The number of allylic oxidation sites excluding steroid dienone is 2. The lowest BCUT2D eigenvalue weighted by atomic mass is 9.69. The zero-order valence-corrected chi connectivity index (χ0v) is 15.2. The van der Waals surface area contributed by atoms with Crippen LogP contribution in [0.1, 0.15) is 104 Å². The van der Waals surface area contributed by atoms with Gasteiger partial charge < -0.3 is 0 Å². The smallest absolute Gasteiger partial charge is 0.0315 e. The molecule has 0 heteroatoms. The second-order valence-electron chi connectivity index (χ2n) is 8.80. The fourth-order valence-electron chi connectivity index (χ4n) is 5.65. The van der Waals surface area contributed by atoms with Gasteiger partial charge in [-0.2, -0.15) is 0 Å². The van der Waals surface area contributed by atoms with Gasteiger partial charge in [0.05, 0.1) is 0 Å². The Morgan fingerprint density at radius 1 is 0.682 bits per heavy atom. The standard InChI is InChI=1S/C22H38/c1-3-4-18-7-11-20(12-8-18)22-15-13-21(14-16-22)19-9-5-17(2)6-10-19/h17-19,21H,3-16H2,1-2H3. The molecule has 0 saturated heterocycles. The second kappa shape index (κ2) is 8.02. The minimum absolute atomic E-state index is 1.01. The Labute approximate surface area is 139 Å². The molecule has 3 aliphatic rings. The van der Waals surface area contributed by atoms with E-state index in [0.29, 0.717) is 0 Å². The van der Waals surface area contributed by atoms with Crippen LogP contribution in [0.5, 0.6) is 0 Å². The van der Waals surface area contributed by atoms with Gasteiger partial charge >= 0.3 is 0 Å². The molecule has 3 rings (SSSR count). The zero-order chi connectivity index (χ0) is 15.4. The predicted molar refractivity (Wildman–Crippen MR) is 97.0 cm³/mol. The van der Waals surface area contributed by atoms with Gasteiger partial charge in [-0.1, -0.05) is 50.7 Å². The molecule has 3 aliphatic carbocycles. The van der Waals surface area contributed by atoms with Crippen molar-refractivity contribution in [2.75, 3.05) is 0 Å². The molecule has 0 heterocycles. The molecule has 0 unspecified atom stereocenters. The Hall–Kier alpha value is -0.260. The Bertz CT molecular complexity index is 349. The van der Waals surface area contributed by atoms with Gasteiger partial charge in [0.2, 0.25) is 0 Å². The quantitative estimate of drug-likeness (QED) is 0.480. The third-order valence-corrected chi connectivity index (χ3v) is 7.27. The van der Waals surface area contributed by atoms with Crippen LogP contribution in [0.4, 0.5) is 0 Å². The van der Waals surface area contributed by atoms with E-state index in [4.69, 9.17) is 0 Å². The van der Waals surface area contributed by atoms with Crippen LogP contribution in [-0.2, 0) is 0 Å². The van der Waals surface area contributed by atoms with E-state index in [1.807, 2.05) is 11.1 Å². The maximum absolute atomic E-state index is 2.45. The minimum Gasteiger partial charge on any atom is -0.0710 e. The highest BCUT2D eigenvalue weighted by Crippen LogP contribution is 2.43. The van der Waals surface area contributed by atoms with Gasteiger partial charge in [0.1, 0.15) is 0 Å². The predicted octanol–water partition coefficient (Wildman–Crippen LogP) is 7.29. The van der Waals surface area contributed by atoms with Crippen LogP contribution in [0.25, 0.3) is 0 Å². The molecule has 0 aromatic heterocycles. The Morgan fingerprint density at radius 2 is 1.18 bits per heavy atom. The summed E-state index contributed by atoms with van der Waals surface area (Å²) in [6, 6.07) is 0. The third kappa shape index (κ3) is 4.18. The van der Waals surface area contributed by atoms with Crippen molar-refractivity contribution >= 4 is 0 Å². The average Bonchev–Trinajstić information content (AvgIpc) is 2.57. The molecule has 0 atom stereocenters. The Morgan fingerprint density at radius 3 is 1.73 bits per heavy atom. The first-order chi connectivity index (χ1) is 10.8. The summed E-state index contributed by atoms with van der Waals surface area (Å²) < 4.78 is 0. The van der Waals surface area contributed by atoms with Gasteiger partial charge in [0.25, 0.3) is 0 Å². The van der Waals surface area contributed by atoms with E-state index in [-0.39, 0.29) is 0 Å². The molecule has 0 aliphatic heterocycles. The Balaban J connectivity index is 1.46. The topological polar surface area (TPSA) is 0 Å². The molecule has 0 aromatic rings. The monoisotopic (exact) mass is 302 g/mol. The lowest BCUT2D eigenvalue weighted by Gasteiger charge is -2.37. The largest absolute Gasteiger partial charge is 0.0710 e. The SMILES string of the molecule is CCCC1CCC(=C2CCC(C3CCC(C)CC3)CC2)CC1. The first kappa shape index (κ1) is 16.6. The molecule has 0 radical (unpaired) electrons. The van der Waals surface area contributed by atoms with Crippen molar-refractivity contribution in [3.63, 3.8) is 0 Å². The summed E-state index contributed by atoms with van der Waals surface area (Å²) in [5, 5.41) is 0. The van der Waals surface area contributed by atoms with E-state index in [9.17, 15) is 0 Å². The molecule has 0 spiro atoms. The maximum Gasteiger partial charge on any atom is -0.0315 e. The highest BCUT2D eigenvalue weighted by atomic mass is 14.3. The molecule has 0 amide bonds. The van der Waals surface area contributed by atoms with E-state index < -0.39 is 0 Å². The van der Waals surface area contributed by atoms with Crippen LogP contribution >= 0.6 is 0 Å². The van der Waals surface area contributed by atoms with Gasteiger partial charge in [-0.15, -0.1) is 0 Å². The highest BCUT2D eigenvalue weighted by Gasteiger charge is 2.29. The molecule has 0 N–H and O–H groups in total. The van der Waals surface area contributed by atoms with Crippen molar-refractivity contribution < 1.29 is 0 Å². The van der Waals surface area contributed by atoms with Crippen LogP contribution in [-0.4, -0.2) is 0 Å². The molecule has 0 nitrogen and oxygen atoms in total. The molecule has 126 valence electrons. The fraction of sp³-hybridized carbons (Fsp3) is 0.909. The molecular formula is C22H38. The third-order valence-electron chi connectivity index (χ3n) is 7.27. The lowest BCUT2D eigenvalue weighted by molar-refractivity contribution is 0.184. The summed E-state index contributed by atoms with van der Waals surface area (Å²) in [6.07, 6.45) is 20.8. The van der Waals surface area contributed by atoms with Crippen molar-refractivity contribution in [1.29, 1.82) is 0 Å². The van der Waals surface area contributed by atoms with Crippen molar-refractivity contribution in [3.8, 4) is 0 Å². The van der Waals surface area contributed by atoms with Crippen LogP contribution in [0.2, 0.25) is 0 Å². The fourth-order valence-corrected chi connectivity index (χ4v) is 5.65. The highest BCUT2D eigenvalue weighted by molar-refractivity contribution is 5.18. The maximum atomic E-state index is 2.45. The first-order valence-electron chi connectivity index (χ1n) is 10.5. The van der Waals surface area contributed by atoms with Crippen LogP contribution in [0, 0.1) is 23.7 Å². The summed E-state index contributed by atoms with van der Waals surface area (Å²) in [6.45, 7) is 4.80. The summed E-state index contributed by atoms with van der Waals surface area (Å²) in [4.78, 5) is 0. The molecule has 0 bridgehead atoms. The molecule has 3 fully saturated rings. The van der Waals surface area contributed by atoms with Gasteiger partial charge in [0, 0.05) is 0 Å². The van der Waals surface area contributed by atoms with Crippen LogP contribution in [0.3, 0.4) is 0 Å². The van der Waals surface area contributed by atoms with E-state index in [1.165, 1.54) is 89.9 Å².